The second-order valence-electron chi connectivity index (χ2n) is 4.55. The number of fused-ring (bicyclic) bond motifs is 1. The minimum absolute atomic E-state index is 0.296. The fourth-order valence-electron chi connectivity index (χ4n) is 2.19. The highest BCUT2D eigenvalue weighted by Gasteiger charge is 2.17. The minimum atomic E-state index is -0.360. The van der Waals surface area contributed by atoms with Crippen molar-refractivity contribution in [1.82, 2.24) is 0 Å². The lowest BCUT2D eigenvalue weighted by Crippen LogP contribution is -2.17. The van der Waals surface area contributed by atoms with E-state index in [9.17, 15) is 4.39 Å². The van der Waals surface area contributed by atoms with Gasteiger partial charge < -0.3 is 15.2 Å². The molecule has 0 bridgehead atoms. The van der Waals surface area contributed by atoms with Gasteiger partial charge in [-0.05, 0) is 35.4 Å². The Balaban J connectivity index is 1.95. The molecule has 0 fully saturated rings. The van der Waals surface area contributed by atoms with Gasteiger partial charge >= 0.3 is 0 Å². The molecule has 0 amide bonds. The van der Waals surface area contributed by atoms with Gasteiger partial charge in [0.25, 0.3) is 0 Å². The Kier molecular flexibility index (Phi) is 3.63. The van der Waals surface area contributed by atoms with E-state index in [4.69, 9.17) is 15.2 Å². The molecule has 2 N–H and O–H groups in total. The highest BCUT2D eigenvalue weighted by atomic mass is 79.9. The van der Waals surface area contributed by atoms with E-state index in [-0.39, 0.29) is 11.9 Å². The fourth-order valence-corrected chi connectivity index (χ4v) is 2.78. The Hall–Kier alpha value is -1.59. The first-order valence-electron chi connectivity index (χ1n) is 6.25. The van der Waals surface area contributed by atoms with Gasteiger partial charge in [0.15, 0.2) is 11.5 Å². The van der Waals surface area contributed by atoms with Crippen molar-refractivity contribution in [2.45, 2.75) is 6.04 Å². The molecular weight excluding hydrogens is 325 g/mol. The van der Waals surface area contributed by atoms with Crippen LogP contribution in [0.2, 0.25) is 0 Å². The summed E-state index contributed by atoms with van der Waals surface area (Å²) in [7, 11) is 0. The molecule has 1 unspecified atom stereocenters. The molecule has 1 aliphatic rings. The quantitative estimate of drug-likeness (QED) is 0.913. The van der Waals surface area contributed by atoms with Crippen LogP contribution >= 0.6 is 15.9 Å². The predicted molar refractivity (Wildman–Crippen MR) is 77.6 cm³/mol. The van der Waals surface area contributed by atoms with Gasteiger partial charge in [-0.15, -0.1) is 0 Å². The van der Waals surface area contributed by atoms with E-state index in [1.165, 1.54) is 12.1 Å². The summed E-state index contributed by atoms with van der Waals surface area (Å²) in [6, 6.07) is 9.75. The van der Waals surface area contributed by atoms with Crippen LogP contribution < -0.4 is 15.2 Å². The fraction of sp³-hybridized carbons (Fsp3) is 0.200. The summed E-state index contributed by atoms with van der Waals surface area (Å²) in [4.78, 5) is 0. The molecule has 0 spiro atoms. The van der Waals surface area contributed by atoms with Crippen LogP contribution in [-0.4, -0.2) is 13.2 Å². The molecule has 104 valence electrons. The number of nitrogens with two attached hydrogens (primary N) is 1. The number of halogens is 2. The van der Waals surface area contributed by atoms with Gasteiger partial charge in [-0.1, -0.05) is 28.1 Å². The zero-order valence-electron chi connectivity index (χ0n) is 10.6. The summed E-state index contributed by atoms with van der Waals surface area (Å²) in [6.45, 7) is 1.09. The summed E-state index contributed by atoms with van der Waals surface area (Å²) in [5.41, 5.74) is 7.96. The van der Waals surface area contributed by atoms with Crippen LogP contribution in [0.4, 0.5) is 4.39 Å². The van der Waals surface area contributed by atoms with E-state index in [1.54, 1.807) is 6.07 Å². The average molecular weight is 338 g/mol. The highest BCUT2D eigenvalue weighted by molar-refractivity contribution is 9.10. The summed E-state index contributed by atoms with van der Waals surface area (Å²) in [5.74, 6) is 1.13. The van der Waals surface area contributed by atoms with E-state index in [2.05, 4.69) is 15.9 Å². The maximum atomic E-state index is 13.1. The van der Waals surface area contributed by atoms with E-state index in [1.807, 2.05) is 18.2 Å². The monoisotopic (exact) mass is 337 g/mol. The van der Waals surface area contributed by atoms with Crippen molar-refractivity contribution in [1.29, 1.82) is 0 Å². The van der Waals surface area contributed by atoms with E-state index >= 15 is 0 Å². The molecule has 0 aromatic heterocycles. The Labute approximate surface area is 124 Å². The lowest BCUT2D eigenvalue weighted by Gasteiger charge is -2.21. The first-order chi connectivity index (χ1) is 9.65. The minimum Gasteiger partial charge on any atom is -0.486 e. The first-order valence-corrected chi connectivity index (χ1v) is 7.04. The van der Waals surface area contributed by atoms with Gasteiger partial charge in [-0.25, -0.2) is 4.39 Å². The zero-order valence-corrected chi connectivity index (χ0v) is 12.2. The molecule has 3 nitrogen and oxygen atoms in total. The number of benzene rings is 2. The molecule has 2 aromatic carbocycles. The van der Waals surface area contributed by atoms with Gasteiger partial charge in [-0.3, -0.25) is 0 Å². The molecule has 1 aliphatic heterocycles. The lowest BCUT2D eigenvalue weighted by molar-refractivity contribution is 0.171. The number of hydrogen-bond acceptors (Lipinski definition) is 3. The molecule has 5 heteroatoms. The molecule has 0 radical (unpaired) electrons. The Morgan fingerprint density at radius 3 is 2.55 bits per heavy atom. The average Bonchev–Trinajstić information content (AvgIpc) is 2.46. The van der Waals surface area contributed by atoms with Gasteiger partial charge in [0.2, 0.25) is 0 Å². The largest absolute Gasteiger partial charge is 0.486 e. The third-order valence-electron chi connectivity index (χ3n) is 3.22. The maximum absolute atomic E-state index is 13.1. The zero-order chi connectivity index (χ0) is 14.1. The van der Waals surface area contributed by atoms with Crippen LogP contribution in [0.25, 0.3) is 0 Å². The number of rotatable bonds is 2. The molecule has 3 rings (SSSR count). The van der Waals surface area contributed by atoms with Crippen LogP contribution in [0.15, 0.2) is 40.9 Å². The van der Waals surface area contributed by atoms with E-state index in [0.29, 0.717) is 23.4 Å². The number of ether oxygens (including phenoxy) is 2. The third-order valence-corrected chi connectivity index (χ3v) is 3.91. The van der Waals surface area contributed by atoms with Crippen LogP contribution in [0.1, 0.15) is 17.2 Å². The normalized spacial score (nSPS) is 14.9. The summed E-state index contributed by atoms with van der Waals surface area (Å²) in [6.07, 6.45) is 0. The Morgan fingerprint density at radius 1 is 1.05 bits per heavy atom. The van der Waals surface area contributed by atoms with Crippen molar-refractivity contribution >= 4 is 15.9 Å². The Bertz CT molecular complexity index is 648. The van der Waals surface area contributed by atoms with Crippen molar-refractivity contribution in [3.63, 3.8) is 0 Å². The lowest BCUT2D eigenvalue weighted by atomic mass is 9.99. The third kappa shape index (κ3) is 2.51. The standard InChI is InChI=1S/C15H13BrFNO2/c16-12-8-10(17)2-3-11(12)15(18)9-1-4-13-14(7-9)20-6-5-19-13/h1-4,7-8,15H,5-6,18H2. The van der Waals surface area contributed by atoms with Crippen molar-refractivity contribution in [2.75, 3.05) is 13.2 Å². The van der Waals surface area contributed by atoms with Crippen molar-refractivity contribution in [2.24, 2.45) is 5.73 Å². The van der Waals surface area contributed by atoms with Crippen LogP contribution in [0, 0.1) is 5.82 Å². The van der Waals surface area contributed by atoms with Crippen molar-refractivity contribution in [3.8, 4) is 11.5 Å². The molecule has 0 aliphatic carbocycles. The van der Waals surface area contributed by atoms with E-state index < -0.39 is 0 Å². The van der Waals surface area contributed by atoms with Crippen molar-refractivity contribution in [3.05, 3.63) is 57.8 Å². The van der Waals surface area contributed by atoms with Crippen LogP contribution in [-0.2, 0) is 0 Å². The van der Waals surface area contributed by atoms with Gasteiger partial charge in [0, 0.05) is 4.47 Å². The van der Waals surface area contributed by atoms with Crippen LogP contribution in [0.5, 0.6) is 11.5 Å². The molecule has 0 saturated carbocycles. The Morgan fingerprint density at radius 2 is 1.80 bits per heavy atom. The second-order valence-corrected chi connectivity index (χ2v) is 5.40. The van der Waals surface area contributed by atoms with Crippen molar-refractivity contribution < 1.29 is 13.9 Å². The molecule has 0 saturated heterocycles. The van der Waals surface area contributed by atoms with Gasteiger partial charge in [0.1, 0.15) is 19.0 Å². The highest BCUT2D eigenvalue weighted by Crippen LogP contribution is 2.35. The van der Waals surface area contributed by atoms with Gasteiger partial charge in [0.05, 0.1) is 6.04 Å². The van der Waals surface area contributed by atoms with E-state index in [0.717, 1.165) is 16.9 Å². The van der Waals surface area contributed by atoms with Crippen LogP contribution in [0.3, 0.4) is 0 Å². The SMILES string of the molecule is NC(c1ccc2c(c1)OCCO2)c1ccc(F)cc1Br. The smallest absolute Gasteiger partial charge is 0.161 e. The summed E-state index contributed by atoms with van der Waals surface area (Å²) < 4.78 is 24.8. The molecule has 20 heavy (non-hydrogen) atoms. The number of hydrogen-bond donors (Lipinski definition) is 1. The second kappa shape index (κ2) is 5.42. The molecular formula is C15H13BrFNO2. The molecule has 1 heterocycles. The van der Waals surface area contributed by atoms with Gasteiger partial charge in [-0.2, -0.15) is 0 Å². The maximum Gasteiger partial charge on any atom is 0.161 e. The summed E-state index contributed by atoms with van der Waals surface area (Å²) >= 11 is 3.34. The molecule has 1 atom stereocenters. The first kappa shape index (κ1) is 13.4. The summed E-state index contributed by atoms with van der Waals surface area (Å²) in [5, 5.41) is 0. The topological polar surface area (TPSA) is 44.5 Å². The predicted octanol–water partition coefficient (Wildman–Crippen LogP) is 3.41. The molecule has 2 aromatic rings.